The maximum Gasteiger partial charge on any atom is 0.256 e. The fourth-order valence-electron chi connectivity index (χ4n) is 3.10. The number of carbonyl (C=O) groups is 1. The summed E-state index contributed by atoms with van der Waals surface area (Å²) in [5.74, 6) is 0.0638. The van der Waals surface area contributed by atoms with Crippen LogP contribution in [-0.2, 0) is 14.0 Å². The monoisotopic (exact) mass is 541 g/mol. The summed E-state index contributed by atoms with van der Waals surface area (Å²) in [6, 6.07) is 8.90. The van der Waals surface area contributed by atoms with Gasteiger partial charge in [0, 0.05) is 12.0 Å². The fourth-order valence-corrected chi connectivity index (χ4v) is 4.42. The van der Waals surface area contributed by atoms with E-state index >= 15 is 0 Å². The van der Waals surface area contributed by atoms with Gasteiger partial charge in [0.25, 0.3) is 5.91 Å². The van der Waals surface area contributed by atoms with Gasteiger partial charge in [-0.1, -0.05) is 40.8 Å². The minimum absolute atomic E-state index is 0.0932. The van der Waals surface area contributed by atoms with E-state index in [2.05, 4.69) is 42.9 Å². The van der Waals surface area contributed by atoms with Gasteiger partial charge in [0.2, 0.25) is 0 Å². The molecule has 4 rings (SSSR count). The highest BCUT2D eigenvalue weighted by Gasteiger charge is 2.37. The van der Waals surface area contributed by atoms with E-state index in [9.17, 15) is 9.36 Å². The molecule has 0 spiro atoms. The van der Waals surface area contributed by atoms with Crippen LogP contribution in [0.3, 0.4) is 0 Å². The Labute approximate surface area is 187 Å². The van der Waals surface area contributed by atoms with Gasteiger partial charge < -0.3 is 19.4 Å². The first-order valence-electron chi connectivity index (χ1n) is 9.31. The summed E-state index contributed by atoms with van der Waals surface area (Å²) >= 11 is 2.28. The number of imidazole rings is 1. The van der Waals surface area contributed by atoms with Crippen molar-refractivity contribution in [1.29, 1.82) is 0 Å². The maximum absolute atomic E-state index is 12.5. The normalized spacial score (nSPS) is 21.8. The minimum Gasteiger partial charge on any atom is -0.344 e. The predicted octanol–water partition coefficient (Wildman–Crippen LogP) is 3.72. The second-order valence-electron chi connectivity index (χ2n) is 7.45. The number of hydrogen-bond acceptors (Lipinski definition) is 7. The van der Waals surface area contributed by atoms with Crippen molar-refractivity contribution in [1.82, 2.24) is 19.5 Å². The number of rotatable bonds is 6. The molecule has 2 aromatic heterocycles. The molecule has 0 bridgehead atoms. The molecule has 1 aliphatic rings. The first kappa shape index (κ1) is 21.4. The molecule has 9 nitrogen and oxygen atoms in total. The zero-order valence-electron chi connectivity index (χ0n) is 16.4. The molecule has 0 saturated carbocycles. The van der Waals surface area contributed by atoms with E-state index in [1.54, 1.807) is 43.9 Å². The van der Waals surface area contributed by atoms with Crippen molar-refractivity contribution in [2.45, 2.75) is 22.9 Å². The van der Waals surface area contributed by atoms with Crippen LogP contribution in [0.1, 0.15) is 23.0 Å². The average molecular weight is 541 g/mol. The number of aromatic nitrogens is 4. The highest BCUT2D eigenvalue weighted by Crippen LogP contribution is 2.40. The molecule has 1 aliphatic heterocycles. The fraction of sp³-hybridized carbons (Fsp3) is 0.368. The number of nitrogens with zero attached hydrogens (tertiary/aromatic N) is 4. The van der Waals surface area contributed by atoms with Crippen molar-refractivity contribution in [3.8, 4) is 0 Å². The third-order valence-electron chi connectivity index (χ3n) is 4.50. The Kier molecular flexibility index (Phi) is 6.19. The number of hydrogen-bond donors (Lipinski definition) is 1. The van der Waals surface area contributed by atoms with Gasteiger partial charge in [-0.2, -0.15) is 0 Å². The molecule has 1 fully saturated rings. The topological polar surface area (TPSA) is 108 Å². The highest BCUT2D eigenvalue weighted by atomic mass is 127. The molecular formula is C19H21IN5O4P. The second kappa shape index (κ2) is 8.70. The van der Waals surface area contributed by atoms with Crippen LogP contribution < -0.4 is 5.32 Å². The third-order valence-corrected chi connectivity index (χ3v) is 6.37. The Balaban J connectivity index is 1.54. The smallest absolute Gasteiger partial charge is 0.256 e. The summed E-state index contributed by atoms with van der Waals surface area (Å²) in [6.07, 6.45) is 3.08. The molecule has 1 N–H and O–H groups in total. The van der Waals surface area contributed by atoms with E-state index in [4.69, 9.17) is 9.47 Å². The molecule has 3 atom stereocenters. The van der Waals surface area contributed by atoms with Crippen LogP contribution in [0.4, 0.5) is 5.82 Å². The summed E-state index contributed by atoms with van der Waals surface area (Å²) in [5, 5.41) is 2.80. The van der Waals surface area contributed by atoms with Gasteiger partial charge in [-0.15, -0.1) is 0 Å². The number of fused-ring (bicyclic) bond motifs is 1. The molecule has 11 heteroatoms. The summed E-state index contributed by atoms with van der Waals surface area (Å²) < 4.78 is 25.6. The molecule has 1 amide bonds. The zero-order valence-corrected chi connectivity index (χ0v) is 19.5. The molecular weight excluding hydrogens is 520 g/mol. The highest BCUT2D eigenvalue weighted by molar-refractivity contribution is 14.1. The van der Waals surface area contributed by atoms with Gasteiger partial charge in [0.15, 0.2) is 23.3 Å². The van der Waals surface area contributed by atoms with Crippen molar-refractivity contribution in [3.63, 3.8) is 0 Å². The van der Waals surface area contributed by atoms with Crippen molar-refractivity contribution in [3.05, 3.63) is 48.5 Å². The van der Waals surface area contributed by atoms with Crippen LogP contribution in [0.15, 0.2) is 43.0 Å². The molecule has 158 valence electrons. The molecule has 0 radical (unpaired) electrons. The number of halogens is 1. The second-order valence-corrected chi connectivity index (χ2v) is 12.5. The van der Waals surface area contributed by atoms with Gasteiger partial charge >= 0.3 is 0 Å². The number of amides is 1. The summed E-state index contributed by atoms with van der Waals surface area (Å²) in [5.41, 5.74) is 1.56. The van der Waals surface area contributed by atoms with Gasteiger partial charge in [0.1, 0.15) is 26.0 Å². The number of alkyl halides is 1. The van der Waals surface area contributed by atoms with Crippen LogP contribution in [0.2, 0.25) is 0 Å². The minimum atomic E-state index is -2.29. The number of anilines is 1. The lowest BCUT2D eigenvalue weighted by Crippen LogP contribution is -2.20. The van der Waals surface area contributed by atoms with Gasteiger partial charge in [-0.3, -0.25) is 9.36 Å². The first-order chi connectivity index (χ1) is 14.3. The van der Waals surface area contributed by atoms with E-state index < -0.39 is 13.4 Å². The first-order valence-corrected chi connectivity index (χ1v) is 13.3. The molecule has 1 aromatic carbocycles. The SMILES string of the molecule is CP(C)(=O)CO[C@H]1O[C@@H](n2cnc3c(NC(=O)c4ccccc4)ncnc32)CC1I. The number of benzene rings is 1. The number of nitrogens with one attached hydrogen (secondary N) is 1. The summed E-state index contributed by atoms with van der Waals surface area (Å²) in [6.45, 7) is 3.38. The molecule has 3 aromatic rings. The van der Waals surface area contributed by atoms with Crippen molar-refractivity contribution in [2.24, 2.45) is 0 Å². The van der Waals surface area contributed by atoms with Gasteiger partial charge in [-0.25, -0.2) is 15.0 Å². The standard InChI is InChI=1S/C19H21IN5O4P/c1-30(2,27)11-28-19-13(20)8-14(29-19)25-10-23-15-16(21-9-22-17(15)25)24-18(26)12-6-4-3-5-7-12/h3-7,9-10,13-14,19H,8,11H2,1-2H3,(H,21,22,24,26)/t13?,14-,19+/m1/s1. The van der Waals surface area contributed by atoms with E-state index in [1.807, 2.05) is 10.6 Å². The van der Waals surface area contributed by atoms with Crippen molar-refractivity contribution < 1.29 is 18.8 Å². The Hall–Kier alpha value is -1.88. The van der Waals surface area contributed by atoms with Crippen LogP contribution in [-0.4, -0.2) is 55.3 Å². The average Bonchev–Trinajstić information content (AvgIpc) is 3.30. The van der Waals surface area contributed by atoms with E-state index in [0.717, 1.165) is 0 Å². The largest absolute Gasteiger partial charge is 0.344 e. The molecule has 1 saturated heterocycles. The Bertz CT molecular complexity index is 1100. The van der Waals surface area contributed by atoms with Gasteiger partial charge in [-0.05, 0) is 25.5 Å². The quantitative estimate of drug-likeness (QED) is 0.288. The third kappa shape index (κ3) is 4.72. The van der Waals surface area contributed by atoms with E-state index in [1.165, 1.54) is 6.33 Å². The van der Waals surface area contributed by atoms with E-state index in [-0.39, 0.29) is 22.4 Å². The maximum atomic E-state index is 12.5. The van der Waals surface area contributed by atoms with Crippen LogP contribution in [0, 0.1) is 0 Å². The summed E-state index contributed by atoms with van der Waals surface area (Å²) in [4.78, 5) is 25.4. The lowest BCUT2D eigenvalue weighted by Gasteiger charge is -2.17. The van der Waals surface area contributed by atoms with Crippen LogP contribution in [0.25, 0.3) is 11.2 Å². The van der Waals surface area contributed by atoms with Crippen LogP contribution >= 0.6 is 29.7 Å². The van der Waals surface area contributed by atoms with E-state index in [0.29, 0.717) is 29.0 Å². The van der Waals surface area contributed by atoms with Crippen molar-refractivity contribution in [2.75, 3.05) is 25.0 Å². The molecule has 1 unspecified atom stereocenters. The number of ether oxygens (including phenoxy) is 2. The Morgan fingerprint density at radius 2 is 2.07 bits per heavy atom. The predicted molar refractivity (Wildman–Crippen MR) is 121 cm³/mol. The Morgan fingerprint density at radius 3 is 2.80 bits per heavy atom. The van der Waals surface area contributed by atoms with Gasteiger partial charge in [0.05, 0.1) is 10.3 Å². The lowest BCUT2D eigenvalue weighted by molar-refractivity contribution is -0.135. The molecule has 0 aliphatic carbocycles. The molecule has 30 heavy (non-hydrogen) atoms. The molecule has 3 heterocycles. The van der Waals surface area contributed by atoms with Crippen LogP contribution in [0.5, 0.6) is 0 Å². The summed E-state index contributed by atoms with van der Waals surface area (Å²) in [7, 11) is -2.29. The Morgan fingerprint density at radius 1 is 1.30 bits per heavy atom. The zero-order chi connectivity index (χ0) is 21.3. The number of carbonyl (C=O) groups excluding carboxylic acids is 1. The lowest BCUT2D eigenvalue weighted by atomic mass is 10.2. The van der Waals surface area contributed by atoms with Crippen molar-refractivity contribution >= 4 is 52.6 Å².